The summed E-state index contributed by atoms with van der Waals surface area (Å²) >= 11 is 0. The quantitative estimate of drug-likeness (QED) is 0.595. The Balaban J connectivity index is 1.83. The number of ether oxygens (including phenoxy) is 1. The SMILES string of the molecule is CCN(CC)Cc1ccccc1CNC(=O)CNC(=O)c1ccc(OC(C)C)cc1. The lowest BCUT2D eigenvalue weighted by Crippen LogP contribution is -2.36. The van der Waals surface area contributed by atoms with Gasteiger partial charge in [-0.05, 0) is 62.3 Å². The minimum Gasteiger partial charge on any atom is -0.491 e. The van der Waals surface area contributed by atoms with E-state index in [1.54, 1.807) is 24.3 Å². The van der Waals surface area contributed by atoms with E-state index < -0.39 is 0 Å². The van der Waals surface area contributed by atoms with Gasteiger partial charge in [-0.15, -0.1) is 0 Å². The van der Waals surface area contributed by atoms with Crippen LogP contribution in [0.15, 0.2) is 48.5 Å². The Morgan fingerprint density at radius 3 is 2.17 bits per heavy atom. The van der Waals surface area contributed by atoms with Gasteiger partial charge in [0.1, 0.15) is 5.75 Å². The van der Waals surface area contributed by atoms with Gasteiger partial charge in [-0.2, -0.15) is 0 Å². The molecular formula is C24H33N3O3. The van der Waals surface area contributed by atoms with Crippen molar-refractivity contribution in [3.05, 3.63) is 65.2 Å². The second-order valence-electron chi connectivity index (χ2n) is 7.38. The fraction of sp³-hybridized carbons (Fsp3) is 0.417. The van der Waals surface area contributed by atoms with E-state index in [0.29, 0.717) is 17.9 Å². The van der Waals surface area contributed by atoms with Crippen molar-refractivity contribution >= 4 is 11.8 Å². The van der Waals surface area contributed by atoms with Crippen LogP contribution in [0.25, 0.3) is 0 Å². The van der Waals surface area contributed by atoms with Gasteiger partial charge in [-0.1, -0.05) is 38.1 Å². The fourth-order valence-electron chi connectivity index (χ4n) is 3.05. The number of nitrogens with one attached hydrogen (secondary N) is 2. The Bertz CT molecular complexity index is 815. The second-order valence-corrected chi connectivity index (χ2v) is 7.38. The molecule has 0 atom stereocenters. The molecule has 0 aliphatic heterocycles. The zero-order valence-electron chi connectivity index (χ0n) is 18.4. The van der Waals surface area contributed by atoms with Crippen molar-refractivity contribution in [2.45, 2.75) is 46.9 Å². The standard InChI is InChI=1S/C24H33N3O3/c1-5-27(6-2)17-21-10-8-7-9-20(21)15-25-23(28)16-26-24(29)19-11-13-22(14-12-19)30-18(3)4/h7-14,18H,5-6,15-17H2,1-4H3,(H,25,28)(H,26,29). The van der Waals surface area contributed by atoms with Crippen LogP contribution in [0.2, 0.25) is 0 Å². The summed E-state index contributed by atoms with van der Waals surface area (Å²) in [6.45, 7) is 11.4. The van der Waals surface area contributed by atoms with E-state index in [2.05, 4.69) is 35.4 Å². The maximum Gasteiger partial charge on any atom is 0.251 e. The first-order valence-corrected chi connectivity index (χ1v) is 10.5. The topological polar surface area (TPSA) is 70.7 Å². The Kier molecular flexibility index (Phi) is 9.35. The van der Waals surface area contributed by atoms with Crippen LogP contribution >= 0.6 is 0 Å². The molecule has 6 nitrogen and oxygen atoms in total. The third kappa shape index (κ3) is 7.52. The summed E-state index contributed by atoms with van der Waals surface area (Å²) in [6.07, 6.45) is 0.0746. The maximum absolute atomic E-state index is 12.3. The number of nitrogens with zero attached hydrogens (tertiary/aromatic N) is 1. The first-order valence-electron chi connectivity index (χ1n) is 10.5. The van der Waals surface area contributed by atoms with E-state index in [1.807, 2.05) is 32.0 Å². The molecule has 2 amide bonds. The highest BCUT2D eigenvalue weighted by molar-refractivity contribution is 5.96. The normalized spacial score (nSPS) is 10.9. The van der Waals surface area contributed by atoms with Crippen molar-refractivity contribution in [1.82, 2.24) is 15.5 Å². The number of carbonyl (C=O) groups excluding carboxylic acids is 2. The molecule has 0 unspecified atom stereocenters. The van der Waals surface area contributed by atoms with Crippen molar-refractivity contribution in [2.24, 2.45) is 0 Å². The number of hydrogen-bond acceptors (Lipinski definition) is 4. The lowest BCUT2D eigenvalue weighted by Gasteiger charge is -2.20. The van der Waals surface area contributed by atoms with Crippen LogP contribution in [0.3, 0.4) is 0 Å². The van der Waals surface area contributed by atoms with E-state index in [0.717, 1.165) is 25.2 Å². The summed E-state index contributed by atoms with van der Waals surface area (Å²) in [7, 11) is 0. The van der Waals surface area contributed by atoms with E-state index in [-0.39, 0.29) is 24.5 Å². The Hall–Kier alpha value is -2.86. The molecule has 2 aromatic rings. The number of carbonyl (C=O) groups is 2. The molecule has 0 aliphatic rings. The minimum atomic E-state index is -0.289. The van der Waals surface area contributed by atoms with Crippen LogP contribution in [0.5, 0.6) is 5.75 Å². The van der Waals surface area contributed by atoms with E-state index in [4.69, 9.17) is 4.74 Å². The van der Waals surface area contributed by atoms with E-state index in [1.165, 1.54) is 5.56 Å². The molecule has 0 radical (unpaired) electrons. The van der Waals surface area contributed by atoms with E-state index >= 15 is 0 Å². The summed E-state index contributed by atoms with van der Waals surface area (Å²) in [5.74, 6) is 0.201. The van der Waals surface area contributed by atoms with Gasteiger partial charge in [0.15, 0.2) is 0 Å². The molecule has 0 heterocycles. The lowest BCUT2D eigenvalue weighted by molar-refractivity contribution is -0.120. The first kappa shape index (κ1) is 23.4. The minimum absolute atomic E-state index is 0.0682. The molecule has 0 saturated heterocycles. The summed E-state index contributed by atoms with van der Waals surface area (Å²) < 4.78 is 5.57. The van der Waals surface area contributed by atoms with Gasteiger partial charge in [0.2, 0.25) is 5.91 Å². The van der Waals surface area contributed by atoms with Gasteiger partial charge in [0.05, 0.1) is 12.6 Å². The largest absolute Gasteiger partial charge is 0.491 e. The van der Waals surface area contributed by atoms with Crippen LogP contribution in [-0.4, -0.2) is 42.5 Å². The van der Waals surface area contributed by atoms with Crippen LogP contribution in [-0.2, 0) is 17.9 Å². The van der Waals surface area contributed by atoms with Crippen LogP contribution < -0.4 is 15.4 Å². The average Bonchev–Trinajstić information content (AvgIpc) is 2.75. The van der Waals surface area contributed by atoms with Crippen molar-refractivity contribution < 1.29 is 14.3 Å². The summed E-state index contributed by atoms with van der Waals surface area (Å²) in [5, 5.41) is 5.55. The highest BCUT2D eigenvalue weighted by Gasteiger charge is 2.10. The predicted molar refractivity (Wildman–Crippen MR) is 119 cm³/mol. The summed E-state index contributed by atoms with van der Waals surface area (Å²) in [4.78, 5) is 26.8. The van der Waals surface area contributed by atoms with Gasteiger partial charge in [0.25, 0.3) is 5.91 Å². The summed E-state index contributed by atoms with van der Waals surface area (Å²) in [6, 6.07) is 15.0. The highest BCUT2D eigenvalue weighted by Crippen LogP contribution is 2.14. The monoisotopic (exact) mass is 411 g/mol. The zero-order valence-corrected chi connectivity index (χ0v) is 18.4. The summed E-state index contributed by atoms with van der Waals surface area (Å²) in [5.41, 5.74) is 2.78. The zero-order chi connectivity index (χ0) is 21.9. The number of rotatable bonds is 11. The average molecular weight is 412 g/mol. The molecule has 2 aromatic carbocycles. The number of benzene rings is 2. The second kappa shape index (κ2) is 12.0. The van der Waals surface area contributed by atoms with Crippen LogP contribution in [0, 0.1) is 0 Å². The third-order valence-electron chi connectivity index (χ3n) is 4.78. The molecule has 6 heteroatoms. The molecule has 0 saturated carbocycles. The molecule has 2 N–H and O–H groups in total. The molecule has 2 rings (SSSR count). The fourth-order valence-corrected chi connectivity index (χ4v) is 3.05. The molecule has 0 fully saturated rings. The Morgan fingerprint density at radius 2 is 1.57 bits per heavy atom. The molecule has 30 heavy (non-hydrogen) atoms. The van der Waals surface area contributed by atoms with Gasteiger partial charge in [-0.25, -0.2) is 0 Å². The van der Waals surface area contributed by atoms with Crippen molar-refractivity contribution in [2.75, 3.05) is 19.6 Å². The van der Waals surface area contributed by atoms with Gasteiger partial charge >= 0.3 is 0 Å². The first-order chi connectivity index (χ1) is 14.4. The van der Waals surface area contributed by atoms with Crippen molar-refractivity contribution in [1.29, 1.82) is 0 Å². The van der Waals surface area contributed by atoms with Crippen molar-refractivity contribution in [3.8, 4) is 5.75 Å². The van der Waals surface area contributed by atoms with Gasteiger partial charge < -0.3 is 15.4 Å². The number of hydrogen-bond donors (Lipinski definition) is 2. The maximum atomic E-state index is 12.3. The molecule has 0 spiro atoms. The van der Waals surface area contributed by atoms with Crippen molar-refractivity contribution in [3.63, 3.8) is 0 Å². The van der Waals surface area contributed by atoms with Gasteiger partial charge in [-0.3, -0.25) is 14.5 Å². The Labute approximate surface area is 179 Å². The smallest absolute Gasteiger partial charge is 0.251 e. The molecular weight excluding hydrogens is 378 g/mol. The molecule has 0 aliphatic carbocycles. The van der Waals surface area contributed by atoms with Crippen LogP contribution in [0.4, 0.5) is 0 Å². The number of amides is 2. The predicted octanol–water partition coefficient (Wildman–Crippen LogP) is 3.36. The van der Waals surface area contributed by atoms with E-state index in [9.17, 15) is 9.59 Å². The highest BCUT2D eigenvalue weighted by atomic mass is 16.5. The van der Waals surface area contributed by atoms with Gasteiger partial charge in [0, 0.05) is 18.7 Å². The van der Waals surface area contributed by atoms with Crippen LogP contribution in [0.1, 0.15) is 49.2 Å². The molecule has 0 aromatic heterocycles. The Morgan fingerprint density at radius 1 is 0.933 bits per heavy atom. The molecule has 162 valence electrons. The third-order valence-corrected chi connectivity index (χ3v) is 4.78. The lowest BCUT2D eigenvalue weighted by atomic mass is 10.1. The molecule has 0 bridgehead atoms.